The maximum absolute atomic E-state index is 10.3. The van der Waals surface area contributed by atoms with Crippen LogP contribution in [0.25, 0.3) is 0 Å². The molecule has 0 radical (unpaired) electrons. The van der Waals surface area contributed by atoms with Crippen molar-refractivity contribution >= 4 is 6.29 Å². The Hall–Kier alpha value is -1.59. The number of aliphatic hydroxyl groups is 1. The number of hydrogen-bond donors (Lipinski definition) is 1. The van der Waals surface area contributed by atoms with E-state index in [-0.39, 0.29) is 6.61 Å². The van der Waals surface area contributed by atoms with E-state index in [0.29, 0.717) is 5.56 Å². The topological polar surface area (TPSA) is 37.3 Å². The van der Waals surface area contributed by atoms with Gasteiger partial charge in [0.1, 0.15) is 12.9 Å². The standard InChI is InChI=1S/C10H8O2/c11-6-2-5-9-3-1-4-10(7-9)8-12/h1,3-4,7-8,11H,6H2. The summed E-state index contributed by atoms with van der Waals surface area (Å²) >= 11 is 0. The van der Waals surface area contributed by atoms with Gasteiger partial charge >= 0.3 is 0 Å². The second-order valence-corrected chi connectivity index (χ2v) is 2.20. The lowest BCUT2D eigenvalue weighted by Crippen LogP contribution is -1.81. The van der Waals surface area contributed by atoms with Gasteiger partial charge in [0, 0.05) is 11.1 Å². The van der Waals surface area contributed by atoms with Crippen molar-refractivity contribution in [2.24, 2.45) is 0 Å². The van der Waals surface area contributed by atoms with Crippen molar-refractivity contribution in [3.05, 3.63) is 35.4 Å². The zero-order valence-electron chi connectivity index (χ0n) is 6.45. The minimum Gasteiger partial charge on any atom is -0.384 e. The predicted octanol–water partition coefficient (Wildman–Crippen LogP) is 0.843. The van der Waals surface area contributed by atoms with Crippen molar-refractivity contribution in [1.82, 2.24) is 0 Å². The van der Waals surface area contributed by atoms with Crippen molar-refractivity contribution in [3.8, 4) is 11.8 Å². The molecule has 0 aliphatic carbocycles. The lowest BCUT2D eigenvalue weighted by Gasteiger charge is -1.90. The predicted molar refractivity (Wildman–Crippen MR) is 45.8 cm³/mol. The van der Waals surface area contributed by atoms with Crippen molar-refractivity contribution in [3.63, 3.8) is 0 Å². The Morgan fingerprint density at radius 3 is 3.00 bits per heavy atom. The minimum atomic E-state index is -0.161. The van der Waals surface area contributed by atoms with Gasteiger partial charge in [0.2, 0.25) is 0 Å². The second-order valence-electron chi connectivity index (χ2n) is 2.20. The minimum absolute atomic E-state index is 0.161. The molecule has 0 unspecified atom stereocenters. The Morgan fingerprint density at radius 2 is 2.33 bits per heavy atom. The monoisotopic (exact) mass is 160 g/mol. The third kappa shape index (κ3) is 2.22. The summed E-state index contributed by atoms with van der Waals surface area (Å²) in [6.07, 6.45) is 0.768. The van der Waals surface area contributed by atoms with Gasteiger partial charge in [-0.1, -0.05) is 24.0 Å². The number of carbonyl (C=O) groups excluding carboxylic acids is 1. The molecule has 0 fully saturated rings. The largest absolute Gasteiger partial charge is 0.384 e. The van der Waals surface area contributed by atoms with Crippen LogP contribution < -0.4 is 0 Å². The van der Waals surface area contributed by atoms with Crippen LogP contribution in [0.1, 0.15) is 15.9 Å². The van der Waals surface area contributed by atoms with Gasteiger partial charge in [0.05, 0.1) is 0 Å². The Bertz CT molecular complexity index is 331. The van der Waals surface area contributed by atoms with Crippen LogP contribution in [0.15, 0.2) is 24.3 Å². The fraction of sp³-hybridized carbons (Fsp3) is 0.100. The van der Waals surface area contributed by atoms with E-state index in [1.54, 1.807) is 24.3 Å². The molecular weight excluding hydrogens is 152 g/mol. The van der Waals surface area contributed by atoms with E-state index >= 15 is 0 Å². The molecule has 1 aromatic carbocycles. The molecule has 0 aliphatic rings. The summed E-state index contributed by atoms with van der Waals surface area (Å²) in [6.45, 7) is -0.161. The van der Waals surface area contributed by atoms with E-state index in [4.69, 9.17) is 5.11 Å². The SMILES string of the molecule is O=Cc1cccc(C#CCO)c1. The van der Waals surface area contributed by atoms with Gasteiger partial charge in [0.25, 0.3) is 0 Å². The first-order valence-corrected chi connectivity index (χ1v) is 3.52. The highest BCUT2D eigenvalue weighted by atomic mass is 16.2. The molecule has 0 heterocycles. The molecule has 0 aliphatic heterocycles. The number of aldehydes is 1. The molecule has 0 bridgehead atoms. The molecular formula is C10H8O2. The normalized spacial score (nSPS) is 8.42. The maximum Gasteiger partial charge on any atom is 0.150 e. The summed E-state index contributed by atoms with van der Waals surface area (Å²) < 4.78 is 0. The molecule has 0 spiro atoms. The smallest absolute Gasteiger partial charge is 0.150 e. The number of carbonyl (C=O) groups is 1. The first-order valence-electron chi connectivity index (χ1n) is 3.52. The quantitative estimate of drug-likeness (QED) is 0.488. The fourth-order valence-electron chi connectivity index (χ4n) is 0.831. The Morgan fingerprint density at radius 1 is 1.50 bits per heavy atom. The van der Waals surface area contributed by atoms with Gasteiger partial charge in [-0.25, -0.2) is 0 Å². The number of hydrogen-bond acceptors (Lipinski definition) is 2. The highest BCUT2D eigenvalue weighted by molar-refractivity contribution is 5.75. The molecule has 0 aromatic heterocycles. The lowest BCUT2D eigenvalue weighted by molar-refractivity contribution is 0.112. The molecule has 12 heavy (non-hydrogen) atoms. The molecule has 0 saturated heterocycles. The van der Waals surface area contributed by atoms with Crippen LogP contribution in [-0.2, 0) is 0 Å². The third-order valence-corrected chi connectivity index (χ3v) is 1.33. The Labute approximate surface area is 70.8 Å². The summed E-state index contributed by atoms with van der Waals surface area (Å²) in [6, 6.07) is 6.92. The van der Waals surface area contributed by atoms with Gasteiger partial charge in [-0.05, 0) is 12.1 Å². The van der Waals surface area contributed by atoms with Gasteiger partial charge in [-0.15, -0.1) is 0 Å². The number of benzene rings is 1. The molecule has 0 atom stereocenters. The van der Waals surface area contributed by atoms with E-state index in [1.807, 2.05) is 0 Å². The van der Waals surface area contributed by atoms with Crippen LogP contribution in [-0.4, -0.2) is 18.0 Å². The highest BCUT2D eigenvalue weighted by Gasteiger charge is 1.89. The van der Waals surface area contributed by atoms with Crippen molar-refractivity contribution in [2.75, 3.05) is 6.61 Å². The van der Waals surface area contributed by atoms with Crippen molar-refractivity contribution in [2.45, 2.75) is 0 Å². The maximum atomic E-state index is 10.3. The van der Waals surface area contributed by atoms with Crippen LogP contribution in [0, 0.1) is 11.8 Å². The van der Waals surface area contributed by atoms with E-state index in [9.17, 15) is 4.79 Å². The lowest BCUT2D eigenvalue weighted by atomic mass is 10.1. The van der Waals surface area contributed by atoms with Crippen molar-refractivity contribution in [1.29, 1.82) is 0 Å². The Kier molecular flexibility index (Phi) is 3.06. The summed E-state index contributed by atoms with van der Waals surface area (Å²) in [7, 11) is 0. The molecule has 60 valence electrons. The zero-order valence-corrected chi connectivity index (χ0v) is 6.45. The van der Waals surface area contributed by atoms with E-state index in [1.165, 1.54) is 0 Å². The van der Waals surface area contributed by atoms with Crippen LogP contribution >= 0.6 is 0 Å². The van der Waals surface area contributed by atoms with E-state index in [2.05, 4.69) is 11.8 Å². The van der Waals surface area contributed by atoms with E-state index in [0.717, 1.165) is 11.8 Å². The van der Waals surface area contributed by atoms with Gasteiger partial charge in [-0.3, -0.25) is 4.79 Å². The summed E-state index contributed by atoms with van der Waals surface area (Å²) in [5.74, 6) is 5.22. The first kappa shape index (κ1) is 8.51. The third-order valence-electron chi connectivity index (χ3n) is 1.33. The molecule has 2 heteroatoms. The summed E-state index contributed by atoms with van der Waals surface area (Å²) in [4.78, 5) is 10.3. The van der Waals surface area contributed by atoms with Gasteiger partial charge < -0.3 is 5.11 Å². The average molecular weight is 160 g/mol. The molecule has 1 aromatic rings. The van der Waals surface area contributed by atoms with Crippen molar-refractivity contribution < 1.29 is 9.90 Å². The first-order chi connectivity index (χ1) is 5.86. The number of rotatable bonds is 1. The average Bonchev–Trinajstić information content (AvgIpc) is 2.15. The van der Waals surface area contributed by atoms with Gasteiger partial charge in [0.15, 0.2) is 0 Å². The van der Waals surface area contributed by atoms with Crippen LogP contribution in [0.5, 0.6) is 0 Å². The fourth-order valence-corrected chi connectivity index (χ4v) is 0.831. The van der Waals surface area contributed by atoms with Gasteiger partial charge in [-0.2, -0.15) is 0 Å². The number of aliphatic hydroxyl groups excluding tert-OH is 1. The molecule has 0 saturated carbocycles. The molecule has 2 nitrogen and oxygen atoms in total. The van der Waals surface area contributed by atoms with Crippen LogP contribution in [0.3, 0.4) is 0 Å². The summed E-state index contributed by atoms with van der Waals surface area (Å²) in [5.41, 5.74) is 1.34. The van der Waals surface area contributed by atoms with Crippen LogP contribution in [0.4, 0.5) is 0 Å². The van der Waals surface area contributed by atoms with E-state index < -0.39 is 0 Å². The summed E-state index contributed by atoms with van der Waals surface area (Å²) in [5, 5.41) is 8.41. The Balaban J connectivity index is 2.93. The van der Waals surface area contributed by atoms with Crippen LogP contribution in [0.2, 0.25) is 0 Å². The second kappa shape index (κ2) is 4.32. The molecule has 1 rings (SSSR count). The molecule has 0 amide bonds. The molecule has 1 N–H and O–H groups in total. The zero-order chi connectivity index (χ0) is 8.81. The highest BCUT2D eigenvalue weighted by Crippen LogP contribution is 2.00.